The second kappa shape index (κ2) is 7.32. The Morgan fingerprint density at radius 2 is 2.00 bits per heavy atom. The summed E-state index contributed by atoms with van der Waals surface area (Å²) in [6.07, 6.45) is 0. The molecule has 8 nitrogen and oxygen atoms in total. The molecule has 0 aliphatic rings. The third kappa shape index (κ3) is 3.70. The standard InChI is InChI=1S/C17H13ClN4O4/c1-21(17(23)13-8-7-12(18)9-14(13)22(24)25)10-15-19-16(20-26-15)11-5-3-2-4-6-11/h2-9H,10H2,1H3. The third-order valence-electron chi connectivity index (χ3n) is 3.61. The molecule has 3 rings (SSSR count). The largest absolute Gasteiger partial charge is 0.337 e. The number of nitrogens with zero attached hydrogens (tertiary/aromatic N) is 4. The van der Waals surface area contributed by atoms with Gasteiger partial charge >= 0.3 is 0 Å². The van der Waals surface area contributed by atoms with Gasteiger partial charge in [0.1, 0.15) is 12.1 Å². The van der Waals surface area contributed by atoms with Crippen molar-refractivity contribution in [2.45, 2.75) is 6.54 Å². The number of carbonyl (C=O) groups is 1. The summed E-state index contributed by atoms with van der Waals surface area (Å²) in [6, 6.07) is 13.1. The van der Waals surface area contributed by atoms with Crippen LogP contribution in [0.4, 0.5) is 5.69 Å². The van der Waals surface area contributed by atoms with Gasteiger partial charge in [-0.3, -0.25) is 14.9 Å². The van der Waals surface area contributed by atoms with Crippen LogP contribution in [0.2, 0.25) is 5.02 Å². The molecule has 0 aliphatic carbocycles. The molecule has 2 aromatic carbocycles. The van der Waals surface area contributed by atoms with Crippen LogP contribution in [0, 0.1) is 10.1 Å². The van der Waals surface area contributed by atoms with E-state index in [1.165, 1.54) is 24.1 Å². The van der Waals surface area contributed by atoms with Gasteiger partial charge in [-0.2, -0.15) is 4.98 Å². The molecule has 1 aromatic heterocycles. The molecule has 0 aliphatic heterocycles. The number of benzene rings is 2. The van der Waals surface area contributed by atoms with Gasteiger partial charge in [0.2, 0.25) is 11.7 Å². The summed E-state index contributed by atoms with van der Waals surface area (Å²) in [6.45, 7) is 0.0123. The predicted octanol–water partition coefficient (Wildman–Crippen LogP) is 3.57. The lowest BCUT2D eigenvalue weighted by Crippen LogP contribution is -2.27. The molecule has 3 aromatic rings. The van der Waals surface area contributed by atoms with Crippen molar-refractivity contribution in [3.05, 3.63) is 75.1 Å². The Labute approximate surface area is 153 Å². The number of hydrogen-bond donors (Lipinski definition) is 0. The number of aromatic nitrogens is 2. The lowest BCUT2D eigenvalue weighted by molar-refractivity contribution is -0.385. The first-order chi connectivity index (χ1) is 12.5. The Balaban J connectivity index is 1.79. The minimum atomic E-state index is -0.646. The Hall–Kier alpha value is -3.26. The molecule has 0 unspecified atom stereocenters. The highest BCUT2D eigenvalue weighted by molar-refractivity contribution is 6.31. The zero-order chi connectivity index (χ0) is 18.7. The van der Waals surface area contributed by atoms with Crippen molar-refractivity contribution in [1.29, 1.82) is 0 Å². The van der Waals surface area contributed by atoms with Crippen molar-refractivity contribution in [3.63, 3.8) is 0 Å². The van der Waals surface area contributed by atoms with Crippen LogP contribution in [0.15, 0.2) is 53.1 Å². The van der Waals surface area contributed by atoms with Crippen LogP contribution in [0.25, 0.3) is 11.4 Å². The first-order valence-electron chi connectivity index (χ1n) is 7.53. The van der Waals surface area contributed by atoms with Crippen molar-refractivity contribution in [1.82, 2.24) is 15.0 Å². The lowest BCUT2D eigenvalue weighted by atomic mass is 10.1. The van der Waals surface area contributed by atoms with Gasteiger partial charge in [0.15, 0.2) is 0 Å². The number of hydrogen-bond acceptors (Lipinski definition) is 6. The maximum atomic E-state index is 12.6. The molecule has 0 fully saturated rings. The number of rotatable bonds is 5. The molecule has 0 radical (unpaired) electrons. The van der Waals surface area contributed by atoms with Crippen molar-refractivity contribution < 1.29 is 14.2 Å². The summed E-state index contributed by atoms with van der Waals surface area (Å²) < 4.78 is 5.16. The fraction of sp³-hybridized carbons (Fsp3) is 0.118. The van der Waals surface area contributed by atoms with Crippen molar-refractivity contribution in [2.75, 3.05) is 7.05 Å². The van der Waals surface area contributed by atoms with Gasteiger partial charge in [-0.15, -0.1) is 0 Å². The topological polar surface area (TPSA) is 102 Å². The maximum absolute atomic E-state index is 12.6. The summed E-state index contributed by atoms with van der Waals surface area (Å²) in [7, 11) is 1.49. The van der Waals surface area contributed by atoms with E-state index in [1.54, 1.807) is 0 Å². The summed E-state index contributed by atoms with van der Waals surface area (Å²) in [5.41, 5.74) is 0.361. The van der Waals surface area contributed by atoms with Crippen molar-refractivity contribution >= 4 is 23.2 Å². The Morgan fingerprint density at radius 1 is 1.27 bits per heavy atom. The van der Waals surface area contributed by atoms with E-state index in [2.05, 4.69) is 10.1 Å². The molecule has 1 amide bonds. The Morgan fingerprint density at radius 3 is 2.69 bits per heavy atom. The quantitative estimate of drug-likeness (QED) is 0.501. The molecule has 0 saturated carbocycles. The summed E-state index contributed by atoms with van der Waals surface area (Å²) >= 11 is 5.77. The Kier molecular flexibility index (Phi) is 4.94. The minimum Gasteiger partial charge on any atom is -0.337 e. The van der Waals surface area contributed by atoms with Gasteiger partial charge in [-0.25, -0.2) is 0 Å². The van der Waals surface area contributed by atoms with E-state index < -0.39 is 10.8 Å². The van der Waals surface area contributed by atoms with Crippen LogP contribution in [0.1, 0.15) is 16.2 Å². The molecule has 9 heteroatoms. The fourth-order valence-electron chi connectivity index (χ4n) is 2.34. The van der Waals surface area contributed by atoms with E-state index in [0.29, 0.717) is 5.82 Å². The normalized spacial score (nSPS) is 10.5. The van der Waals surface area contributed by atoms with E-state index >= 15 is 0 Å². The first kappa shape index (κ1) is 17.6. The predicted molar refractivity (Wildman–Crippen MR) is 93.6 cm³/mol. The van der Waals surface area contributed by atoms with Gasteiger partial charge in [0, 0.05) is 23.7 Å². The van der Waals surface area contributed by atoms with E-state index in [4.69, 9.17) is 16.1 Å². The smallest absolute Gasteiger partial charge is 0.283 e. The molecule has 0 saturated heterocycles. The molecule has 0 N–H and O–H groups in total. The minimum absolute atomic E-state index is 0.0123. The van der Waals surface area contributed by atoms with Gasteiger partial charge in [0.25, 0.3) is 11.6 Å². The van der Waals surface area contributed by atoms with Crippen molar-refractivity contribution in [2.24, 2.45) is 0 Å². The van der Waals surface area contributed by atoms with Crippen molar-refractivity contribution in [3.8, 4) is 11.4 Å². The van der Waals surface area contributed by atoms with Gasteiger partial charge < -0.3 is 9.42 Å². The van der Waals surface area contributed by atoms with Gasteiger partial charge in [-0.1, -0.05) is 47.1 Å². The molecule has 1 heterocycles. The molecule has 0 bridgehead atoms. The van der Waals surface area contributed by atoms with E-state index in [0.717, 1.165) is 11.6 Å². The average molecular weight is 373 g/mol. The fourth-order valence-corrected chi connectivity index (χ4v) is 2.51. The lowest BCUT2D eigenvalue weighted by Gasteiger charge is -2.14. The maximum Gasteiger partial charge on any atom is 0.283 e. The number of halogens is 1. The zero-order valence-electron chi connectivity index (χ0n) is 13.6. The van der Waals surface area contributed by atoms with Crippen LogP contribution in [0.5, 0.6) is 0 Å². The summed E-state index contributed by atoms with van der Waals surface area (Å²) in [5.74, 6) is 0.0723. The first-order valence-corrected chi connectivity index (χ1v) is 7.91. The van der Waals surface area contributed by atoms with Gasteiger partial charge in [0.05, 0.1) is 4.92 Å². The molecule has 132 valence electrons. The monoisotopic (exact) mass is 372 g/mol. The molecular weight excluding hydrogens is 360 g/mol. The summed E-state index contributed by atoms with van der Waals surface area (Å²) in [5, 5.41) is 15.2. The van der Waals surface area contributed by atoms with E-state index in [1.807, 2.05) is 30.3 Å². The highest BCUT2D eigenvalue weighted by Gasteiger charge is 2.24. The summed E-state index contributed by atoms with van der Waals surface area (Å²) in [4.78, 5) is 28.6. The SMILES string of the molecule is CN(Cc1nc(-c2ccccc2)no1)C(=O)c1ccc(Cl)cc1[N+](=O)[O-]. The molecule has 26 heavy (non-hydrogen) atoms. The highest BCUT2D eigenvalue weighted by Crippen LogP contribution is 2.25. The second-order valence-electron chi connectivity index (χ2n) is 5.46. The van der Waals surface area contributed by atoms with E-state index in [9.17, 15) is 14.9 Å². The third-order valence-corrected chi connectivity index (χ3v) is 3.84. The van der Waals surface area contributed by atoms with Gasteiger partial charge in [-0.05, 0) is 12.1 Å². The van der Waals surface area contributed by atoms with Crippen LogP contribution in [-0.2, 0) is 6.54 Å². The van der Waals surface area contributed by atoms with Crippen LogP contribution in [-0.4, -0.2) is 32.9 Å². The number of carbonyl (C=O) groups excluding carboxylic acids is 1. The highest BCUT2D eigenvalue weighted by atomic mass is 35.5. The number of nitro benzene ring substituents is 1. The van der Waals surface area contributed by atoms with Crippen LogP contribution < -0.4 is 0 Å². The van der Waals surface area contributed by atoms with E-state index in [-0.39, 0.29) is 28.7 Å². The van der Waals surface area contributed by atoms with Crippen LogP contribution in [0.3, 0.4) is 0 Å². The number of nitro groups is 1. The molecule has 0 spiro atoms. The molecular formula is C17H13ClN4O4. The zero-order valence-corrected chi connectivity index (χ0v) is 14.4. The second-order valence-corrected chi connectivity index (χ2v) is 5.89. The number of amides is 1. The average Bonchev–Trinajstić information content (AvgIpc) is 3.10. The van der Waals surface area contributed by atoms with Crippen LogP contribution >= 0.6 is 11.6 Å². The Bertz CT molecular complexity index is 958. The molecule has 0 atom stereocenters.